The molecule has 0 aliphatic heterocycles. The maximum Gasteiger partial charge on any atom is 0.132 e. The zero-order chi connectivity index (χ0) is 11.5. The summed E-state index contributed by atoms with van der Waals surface area (Å²) in [5.41, 5.74) is 2.66. The highest BCUT2D eigenvalue weighted by atomic mass is 15.0. The molecular weight excluding hydrogens is 210 g/mol. The highest BCUT2D eigenvalue weighted by molar-refractivity contribution is 5.46. The number of rotatable bonds is 3. The molecular formula is C14H21N3. The van der Waals surface area contributed by atoms with Crippen molar-refractivity contribution in [3.63, 3.8) is 0 Å². The average Bonchev–Trinajstić information content (AvgIpc) is 2.89. The van der Waals surface area contributed by atoms with Gasteiger partial charge in [-0.25, -0.2) is 9.97 Å². The number of nitrogens with zero attached hydrogens (tertiary/aromatic N) is 2. The Morgan fingerprint density at radius 1 is 1.06 bits per heavy atom. The van der Waals surface area contributed by atoms with E-state index in [4.69, 9.17) is 0 Å². The van der Waals surface area contributed by atoms with Crippen LogP contribution in [0.25, 0.3) is 0 Å². The number of nitrogens with one attached hydrogen (secondary N) is 1. The van der Waals surface area contributed by atoms with Crippen molar-refractivity contribution in [1.29, 1.82) is 0 Å². The lowest BCUT2D eigenvalue weighted by Crippen LogP contribution is -2.16. The van der Waals surface area contributed by atoms with E-state index in [1.807, 2.05) is 0 Å². The maximum atomic E-state index is 4.43. The first kappa shape index (κ1) is 11.0. The Morgan fingerprint density at radius 3 is 2.76 bits per heavy atom. The lowest BCUT2D eigenvalue weighted by atomic mass is 9.96. The van der Waals surface area contributed by atoms with Gasteiger partial charge in [0.15, 0.2) is 0 Å². The molecule has 1 heterocycles. The molecule has 17 heavy (non-hydrogen) atoms. The first-order valence-electron chi connectivity index (χ1n) is 7.00. The smallest absolute Gasteiger partial charge is 0.132 e. The summed E-state index contributed by atoms with van der Waals surface area (Å²) < 4.78 is 0. The van der Waals surface area contributed by atoms with Gasteiger partial charge in [0.1, 0.15) is 12.1 Å². The Bertz CT molecular complexity index is 383. The van der Waals surface area contributed by atoms with Crippen molar-refractivity contribution in [3.05, 3.63) is 17.6 Å². The number of hydrogen-bond donors (Lipinski definition) is 1. The fourth-order valence-electron chi connectivity index (χ4n) is 3.13. The van der Waals surface area contributed by atoms with Crippen molar-refractivity contribution in [2.45, 2.75) is 51.4 Å². The van der Waals surface area contributed by atoms with Crippen molar-refractivity contribution < 1.29 is 0 Å². The largest absolute Gasteiger partial charge is 0.369 e. The van der Waals surface area contributed by atoms with E-state index in [9.17, 15) is 0 Å². The second-order valence-corrected chi connectivity index (χ2v) is 5.39. The second kappa shape index (κ2) is 5.03. The van der Waals surface area contributed by atoms with Crippen LogP contribution >= 0.6 is 0 Å². The van der Waals surface area contributed by atoms with Crippen LogP contribution in [0.3, 0.4) is 0 Å². The molecule has 3 rings (SSSR count). The van der Waals surface area contributed by atoms with Crippen LogP contribution in [0.15, 0.2) is 6.33 Å². The van der Waals surface area contributed by atoms with Crippen LogP contribution in [0.5, 0.6) is 0 Å². The van der Waals surface area contributed by atoms with Crippen LogP contribution < -0.4 is 5.32 Å². The first-order valence-corrected chi connectivity index (χ1v) is 7.00. The number of fused-ring (bicyclic) bond motifs is 1. The molecule has 2 aliphatic carbocycles. The van der Waals surface area contributed by atoms with Crippen LogP contribution in [-0.4, -0.2) is 16.5 Å². The molecule has 0 aromatic carbocycles. The van der Waals surface area contributed by atoms with E-state index in [2.05, 4.69) is 15.3 Å². The molecule has 92 valence electrons. The Kier molecular flexibility index (Phi) is 3.25. The van der Waals surface area contributed by atoms with Crippen molar-refractivity contribution in [2.24, 2.45) is 5.92 Å². The molecule has 0 saturated heterocycles. The lowest BCUT2D eigenvalue weighted by molar-refractivity contribution is 0.577. The van der Waals surface area contributed by atoms with Crippen molar-refractivity contribution in [3.8, 4) is 0 Å². The molecule has 0 amide bonds. The topological polar surface area (TPSA) is 37.8 Å². The van der Waals surface area contributed by atoms with E-state index in [-0.39, 0.29) is 0 Å². The number of anilines is 1. The zero-order valence-corrected chi connectivity index (χ0v) is 10.4. The van der Waals surface area contributed by atoms with Gasteiger partial charge in [-0.05, 0) is 44.4 Å². The van der Waals surface area contributed by atoms with Crippen LogP contribution in [0.4, 0.5) is 5.82 Å². The molecule has 3 heteroatoms. The molecule has 1 aromatic heterocycles. The molecule has 1 N–H and O–H groups in total. The third-order valence-corrected chi connectivity index (χ3v) is 4.16. The van der Waals surface area contributed by atoms with E-state index in [1.54, 1.807) is 6.33 Å². The van der Waals surface area contributed by atoms with E-state index < -0.39 is 0 Å². The minimum Gasteiger partial charge on any atom is -0.369 e. The summed E-state index contributed by atoms with van der Waals surface area (Å²) >= 11 is 0. The highest BCUT2D eigenvalue weighted by Crippen LogP contribution is 2.27. The van der Waals surface area contributed by atoms with Crippen LogP contribution in [0, 0.1) is 5.92 Å². The highest BCUT2D eigenvalue weighted by Gasteiger charge is 2.18. The molecule has 0 unspecified atom stereocenters. The molecule has 1 aromatic rings. The first-order chi connectivity index (χ1) is 8.43. The molecule has 1 saturated carbocycles. The number of hydrogen-bond acceptors (Lipinski definition) is 3. The predicted molar refractivity (Wildman–Crippen MR) is 69.1 cm³/mol. The molecule has 1 fully saturated rings. The Morgan fingerprint density at radius 2 is 1.88 bits per heavy atom. The summed E-state index contributed by atoms with van der Waals surface area (Å²) in [6.45, 7) is 1.10. The minimum absolute atomic E-state index is 0.865. The fraction of sp³-hybridized carbons (Fsp3) is 0.714. The minimum atomic E-state index is 0.865. The average molecular weight is 231 g/mol. The van der Waals surface area contributed by atoms with E-state index in [0.717, 1.165) is 31.1 Å². The monoisotopic (exact) mass is 231 g/mol. The summed E-state index contributed by atoms with van der Waals surface area (Å²) in [5, 5.41) is 3.56. The Hall–Kier alpha value is -1.12. The number of aromatic nitrogens is 2. The van der Waals surface area contributed by atoms with Gasteiger partial charge in [0, 0.05) is 17.8 Å². The van der Waals surface area contributed by atoms with E-state index in [0.29, 0.717) is 0 Å². The SMILES string of the molecule is c1nc2c(c(NCC3CCCC3)n1)CCCC2. The van der Waals surface area contributed by atoms with E-state index in [1.165, 1.54) is 49.8 Å². The summed E-state index contributed by atoms with van der Waals surface area (Å²) in [4.78, 5) is 8.84. The van der Waals surface area contributed by atoms with E-state index >= 15 is 0 Å². The van der Waals surface area contributed by atoms with Gasteiger partial charge in [0.2, 0.25) is 0 Å². The summed E-state index contributed by atoms with van der Waals surface area (Å²) in [6.07, 6.45) is 12.2. The zero-order valence-electron chi connectivity index (χ0n) is 10.4. The van der Waals surface area contributed by atoms with Gasteiger partial charge < -0.3 is 5.32 Å². The van der Waals surface area contributed by atoms with Crippen molar-refractivity contribution in [1.82, 2.24) is 9.97 Å². The van der Waals surface area contributed by atoms with Gasteiger partial charge in [0.05, 0.1) is 0 Å². The molecule has 2 aliphatic rings. The third-order valence-electron chi connectivity index (χ3n) is 4.16. The van der Waals surface area contributed by atoms with Crippen molar-refractivity contribution in [2.75, 3.05) is 11.9 Å². The molecule has 0 bridgehead atoms. The molecule has 3 nitrogen and oxygen atoms in total. The fourth-order valence-corrected chi connectivity index (χ4v) is 3.13. The van der Waals surface area contributed by atoms with Crippen LogP contribution in [0.1, 0.15) is 49.8 Å². The Balaban J connectivity index is 1.69. The summed E-state index contributed by atoms with van der Waals surface area (Å²) in [5.74, 6) is 1.98. The van der Waals surface area contributed by atoms with Crippen LogP contribution in [0.2, 0.25) is 0 Å². The van der Waals surface area contributed by atoms with Gasteiger partial charge in [-0.3, -0.25) is 0 Å². The van der Waals surface area contributed by atoms with Gasteiger partial charge in [-0.1, -0.05) is 12.8 Å². The molecule has 0 spiro atoms. The second-order valence-electron chi connectivity index (χ2n) is 5.39. The lowest BCUT2D eigenvalue weighted by Gasteiger charge is -2.19. The molecule has 0 atom stereocenters. The van der Waals surface area contributed by atoms with Gasteiger partial charge >= 0.3 is 0 Å². The summed E-state index contributed by atoms with van der Waals surface area (Å²) in [6, 6.07) is 0. The maximum absolute atomic E-state index is 4.43. The third kappa shape index (κ3) is 2.43. The standard InChI is InChI=1S/C14H21N3/c1-2-6-11(5-1)9-15-14-12-7-3-4-8-13(12)16-10-17-14/h10-11H,1-9H2,(H,15,16,17). The summed E-state index contributed by atoms with van der Waals surface area (Å²) in [7, 11) is 0. The predicted octanol–water partition coefficient (Wildman–Crippen LogP) is 2.96. The van der Waals surface area contributed by atoms with Crippen LogP contribution in [-0.2, 0) is 12.8 Å². The number of aryl methyl sites for hydroxylation is 1. The quantitative estimate of drug-likeness (QED) is 0.869. The van der Waals surface area contributed by atoms with Gasteiger partial charge in [-0.15, -0.1) is 0 Å². The molecule has 0 radical (unpaired) electrons. The Labute approximate surface area is 103 Å². The van der Waals surface area contributed by atoms with Gasteiger partial charge in [-0.2, -0.15) is 0 Å². The normalized spacial score (nSPS) is 20.2. The van der Waals surface area contributed by atoms with Crippen molar-refractivity contribution >= 4 is 5.82 Å². The van der Waals surface area contributed by atoms with Gasteiger partial charge in [0.25, 0.3) is 0 Å².